The second kappa shape index (κ2) is 3.76. The first-order valence-corrected chi connectivity index (χ1v) is 4.44. The number of hydrogen-bond acceptors (Lipinski definition) is 2. The van der Waals surface area contributed by atoms with Crippen LogP contribution < -0.4 is 0 Å². The zero-order valence-corrected chi connectivity index (χ0v) is 8.59. The first kappa shape index (κ1) is 9.32. The molecule has 0 saturated carbocycles. The second-order valence-electron chi connectivity index (χ2n) is 2.43. The van der Waals surface area contributed by atoms with E-state index < -0.39 is 0 Å². The van der Waals surface area contributed by atoms with Crippen LogP contribution in [0, 0.1) is 0 Å². The van der Waals surface area contributed by atoms with E-state index >= 15 is 0 Å². The minimum Gasteiger partial charge on any atom is -0.457 e. The second-order valence-corrected chi connectivity index (χ2v) is 3.15. The van der Waals surface area contributed by atoms with Crippen LogP contribution in [0.25, 0.3) is 0 Å². The third-order valence-corrected chi connectivity index (χ3v) is 2.28. The van der Waals surface area contributed by atoms with Gasteiger partial charge in [-0.05, 0) is 28.9 Å². The minimum atomic E-state index is -0.0295. The van der Waals surface area contributed by atoms with Crippen LogP contribution >= 0.6 is 15.9 Å². The van der Waals surface area contributed by atoms with Crippen molar-refractivity contribution in [3.63, 3.8) is 0 Å². The molecule has 0 aromatic carbocycles. The van der Waals surface area contributed by atoms with E-state index in [1.165, 1.54) is 6.26 Å². The SMILES string of the molecule is CCN(C)C(=O)c1ccoc1Br. The van der Waals surface area contributed by atoms with Gasteiger partial charge in [-0.15, -0.1) is 0 Å². The number of halogens is 1. The first-order chi connectivity index (χ1) is 5.66. The Bertz CT molecular complexity index is 282. The number of nitrogens with zero attached hydrogens (tertiary/aromatic N) is 1. The minimum absolute atomic E-state index is 0.0295. The summed E-state index contributed by atoms with van der Waals surface area (Å²) in [5, 5.41) is 0. The van der Waals surface area contributed by atoms with Gasteiger partial charge in [0, 0.05) is 13.6 Å². The molecule has 0 unspecified atom stereocenters. The van der Waals surface area contributed by atoms with Crippen LogP contribution in [0.5, 0.6) is 0 Å². The Morgan fingerprint density at radius 1 is 1.75 bits per heavy atom. The highest BCUT2D eigenvalue weighted by Gasteiger charge is 2.15. The average molecular weight is 232 g/mol. The van der Waals surface area contributed by atoms with Crippen LogP contribution in [0.1, 0.15) is 17.3 Å². The van der Waals surface area contributed by atoms with Gasteiger partial charge in [-0.1, -0.05) is 0 Å². The third kappa shape index (κ3) is 1.69. The standard InChI is InChI=1S/C8H10BrNO2/c1-3-10(2)8(11)6-4-5-12-7(6)9/h4-5H,3H2,1-2H3. The molecular weight excluding hydrogens is 222 g/mol. The zero-order valence-electron chi connectivity index (χ0n) is 7.00. The molecule has 0 aliphatic rings. The summed E-state index contributed by atoms with van der Waals surface area (Å²) in [6.45, 7) is 2.61. The fraction of sp³-hybridized carbons (Fsp3) is 0.375. The predicted octanol–water partition coefficient (Wildman–Crippen LogP) is 2.13. The molecule has 3 nitrogen and oxygen atoms in total. The highest BCUT2D eigenvalue weighted by atomic mass is 79.9. The van der Waals surface area contributed by atoms with E-state index in [0.29, 0.717) is 16.8 Å². The van der Waals surface area contributed by atoms with Crippen LogP contribution in [-0.2, 0) is 0 Å². The Hall–Kier alpha value is -0.770. The summed E-state index contributed by atoms with van der Waals surface area (Å²) >= 11 is 3.15. The van der Waals surface area contributed by atoms with Crippen LogP contribution in [0.4, 0.5) is 0 Å². The number of carbonyl (C=O) groups excluding carboxylic acids is 1. The highest BCUT2D eigenvalue weighted by molar-refractivity contribution is 9.10. The molecule has 1 heterocycles. The lowest BCUT2D eigenvalue weighted by Gasteiger charge is -2.12. The molecule has 0 aliphatic heterocycles. The maximum Gasteiger partial charge on any atom is 0.258 e. The molecule has 0 N–H and O–H groups in total. The van der Waals surface area contributed by atoms with Gasteiger partial charge in [0.2, 0.25) is 0 Å². The maximum atomic E-state index is 11.5. The highest BCUT2D eigenvalue weighted by Crippen LogP contribution is 2.18. The topological polar surface area (TPSA) is 33.5 Å². The Kier molecular flexibility index (Phi) is 2.92. The lowest BCUT2D eigenvalue weighted by molar-refractivity contribution is 0.0800. The molecule has 0 fully saturated rings. The van der Waals surface area contributed by atoms with Gasteiger partial charge in [-0.25, -0.2) is 0 Å². The fourth-order valence-electron chi connectivity index (χ4n) is 0.795. The van der Waals surface area contributed by atoms with Crippen molar-refractivity contribution >= 4 is 21.8 Å². The van der Waals surface area contributed by atoms with Crippen LogP contribution in [0.15, 0.2) is 21.4 Å². The van der Waals surface area contributed by atoms with Crippen molar-refractivity contribution in [2.45, 2.75) is 6.92 Å². The van der Waals surface area contributed by atoms with Crippen LogP contribution in [-0.4, -0.2) is 24.4 Å². The van der Waals surface area contributed by atoms with Crippen molar-refractivity contribution in [2.75, 3.05) is 13.6 Å². The lowest BCUT2D eigenvalue weighted by atomic mass is 10.3. The van der Waals surface area contributed by atoms with Gasteiger partial charge in [0.15, 0.2) is 4.67 Å². The molecule has 1 rings (SSSR count). The summed E-state index contributed by atoms with van der Waals surface area (Å²) < 4.78 is 5.44. The first-order valence-electron chi connectivity index (χ1n) is 3.65. The average Bonchev–Trinajstić information content (AvgIpc) is 2.48. The van der Waals surface area contributed by atoms with Gasteiger partial charge >= 0.3 is 0 Å². The Labute approximate surface area is 79.5 Å². The molecule has 0 saturated heterocycles. The fourth-order valence-corrected chi connectivity index (χ4v) is 1.21. The molecule has 0 radical (unpaired) electrons. The number of amides is 1. The number of carbonyl (C=O) groups is 1. The molecule has 0 aliphatic carbocycles. The van der Waals surface area contributed by atoms with E-state index in [0.717, 1.165) is 0 Å². The molecule has 0 bridgehead atoms. The third-order valence-electron chi connectivity index (χ3n) is 1.67. The van der Waals surface area contributed by atoms with Crippen molar-refractivity contribution in [3.05, 3.63) is 22.6 Å². The van der Waals surface area contributed by atoms with Crippen molar-refractivity contribution in [1.29, 1.82) is 0 Å². The van der Waals surface area contributed by atoms with Gasteiger partial charge < -0.3 is 9.32 Å². The molecule has 0 spiro atoms. The number of hydrogen-bond donors (Lipinski definition) is 0. The summed E-state index contributed by atoms with van der Waals surface area (Å²) in [6, 6.07) is 1.65. The van der Waals surface area contributed by atoms with Gasteiger partial charge in [-0.3, -0.25) is 4.79 Å². The van der Waals surface area contributed by atoms with Crippen LogP contribution in [0.3, 0.4) is 0 Å². The Morgan fingerprint density at radius 2 is 2.42 bits per heavy atom. The molecule has 1 amide bonds. The van der Waals surface area contributed by atoms with Crippen molar-refractivity contribution in [1.82, 2.24) is 4.90 Å². The quantitative estimate of drug-likeness (QED) is 0.782. The van der Waals surface area contributed by atoms with Gasteiger partial charge in [0.05, 0.1) is 11.8 Å². The largest absolute Gasteiger partial charge is 0.457 e. The summed E-state index contributed by atoms with van der Waals surface area (Å²) in [7, 11) is 1.75. The zero-order chi connectivity index (χ0) is 9.14. The maximum absolute atomic E-state index is 11.5. The van der Waals surface area contributed by atoms with E-state index in [4.69, 9.17) is 4.42 Å². The number of rotatable bonds is 2. The van der Waals surface area contributed by atoms with Gasteiger partial charge in [0.1, 0.15) is 0 Å². The summed E-state index contributed by atoms with van der Waals surface area (Å²) in [6.07, 6.45) is 1.49. The summed E-state index contributed by atoms with van der Waals surface area (Å²) in [4.78, 5) is 13.1. The van der Waals surface area contributed by atoms with E-state index in [9.17, 15) is 4.79 Å². The normalized spacial score (nSPS) is 9.92. The van der Waals surface area contributed by atoms with Gasteiger partial charge in [-0.2, -0.15) is 0 Å². The molecular formula is C8H10BrNO2. The Morgan fingerprint density at radius 3 is 2.83 bits per heavy atom. The van der Waals surface area contributed by atoms with Crippen LogP contribution in [0.2, 0.25) is 0 Å². The van der Waals surface area contributed by atoms with E-state index in [-0.39, 0.29) is 5.91 Å². The number of furan rings is 1. The van der Waals surface area contributed by atoms with E-state index in [1.807, 2.05) is 6.92 Å². The molecule has 4 heteroatoms. The monoisotopic (exact) mass is 231 g/mol. The van der Waals surface area contributed by atoms with Crippen molar-refractivity contribution in [3.8, 4) is 0 Å². The smallest absolute Gasteiger partial charge is 0.258 e. The summed E-state index contributed by atoms with van der Waals surface area (Å²) in [5.74, 6) is -0.0295. The van der Waals surface area contributed by atoms with Gasteiger partial charge in [0.25, 0.3) is 5.91 Å². The lowest BCUT2D eigenvalue weighted by Crippen LogP contribution is -2.25. The molecule has 12 heavy (non-hydrogen) atoms. The Balaban J connectivity index is 2.85. The van der Waals surface area contributed by atoms with E-state index in [1.54, 1.807) is 18.0 Å². The molecule has 1 aromatic heterocycles. The molecule has 66 valence electrons. The summed E-state index contributed by atoms with van der Waals surface area (Å²) in [5.41, 5.74) is 0.569. The van der Waals surface area contributed by atoms with E-state index in [2.05, 4.69) is 15.9 Å². The van der Waals surface area contributed by atoms with Crippen molar-refractivity contribution < 1.29 is 9.21 Å². The van der Waals surface area contributed by atoms with Crippen molar-refractivity contribution in [2.24, 2.45) is 0 Å². The molecule has 0 atom stereocenters. The molecule has 1 aromatic rings. The predicted molar refractivity (Wildman–Crippen MR) is 49.0 cm³/mol.